The van der Waals surface area contributed by atoms with Crippen LogP contribution in [-0.2, 0) is 0 Å². The first-order chi connectivity index (χ1) is 12.1. The van der Waals surface area contributed by atoms with Gasteiger partial charge < -0.3 is 5.32 Å². The summed E-state index contributed by atoms with van der Waals surface area (Å²) >= 11 is 2.87. The van der Waals surface area contributed by atoms with Gasteiger partial charge in [0.05, 0.1) is 4.88 Å². The molecular weight excluding hydrogens is 355 g/mol. The van der Waals surface area contributed by atoms with E-state index in [4.69, 9.17) is 0 Å². The zero-order chi connectivity index (χ0) is 17.4. The van der Waals surface area contributed by atoms with Gasteiger partial charge in [0.1, 0.15) is 10.8 Å². The Morgan fingerprint density at radius 2 is 1.96 bits per heavy atom. The van der Waals surface area contributed by atoms with Crippen LogP contribution in [0.5, 0.6) is 0 Å². The van der Waals surface area contributed by atoms with Gasteiger partial charge in [-0.25, -0.2) is 9.37 Å². The van der Waals surface area contributed by atoms with Crippen LogP contribution in [0.2, 0.25) is 0 Å². The normalized spacial score (nSPS) is 11.0. The standard InChI is InChI=1S/C19H13FN2OS2/c1-11-16-14(20)3-2-4-15(16)25-17(11)18(23)22-13-7-5-12(6-8-13)19-21-9-10-24-19/h2-10H,1H3,(H,22,23). The van der Waals surface area contributed by atoms with E-state index in [0.717, 1.165) is 15.3 Å². The van der Waals surface area contributed by atoms with E-state index >= 15 is 0 Å². The van der Waals surface area contributed by atoms with Crippen molar-refractivity contribution in [1.82, 2.24) is 4.98 Å². The molecule has 0 fully saturated rings. The first-order valence-electron chi connectivity index (χ1n) is 7.62. The minimum Gasteiger partial charge on any atom is -0.321 e. The van der Waals surface area contributed by atoms with E-state index in [-0.39, 0.29) is 11.7 Å². The average Bonchev–Trinajstić information content (AvgIpc) is 3.25. The fourth-order valence-corrected chi connectivity index (χ4v) is 4.48. The number of hydrogen-bond acceptors (Lipinski definition) is 4. The Bertz CT molecular complexity index is 1050. The zero-order valence-corrected chi connectivity index (χ0v) is 14.9. The van der Waals surface area contributed by atoms with Crippen molar-refractivity contribution in [2.75, 3.05) is 5.32 Å². The Balaban J connectivity index is 1.60. The molecule has 25 heavy (non-hydrogen) atoms. The molecule has 0 aliphatic rings. The highest BCUT2D eigenvalue weighted by molar-refractivity contribution is 7.21. The molecule has 3 nitrogen and oxygen atoms in total. The van der Waals surface area contributed by atoms with Gasteiger partial charge in [0, 0.05) is 32.9 Å². The Kier molecular flexibility index (Phi) is 4.07. The summed E-state index contributed by atoms with van der Waals surface area (Å²) in [5, 5.41) is 6.27. The van der Waals surface area contributed by atoms with Crippen LogP contribution in [0, 0.1) is 12.7 Å². The number of nitrogens with zero attached hydrogens (tertiary/aromatic N) is 1. The lowest BCUT2D eigenvalue weighted by atomic mass is 10.1. The molecule has 2 aromatic heterocycles. The number of nitrogens with one attached hydrogen (secondary N) is 1. The molecule has 0 saturated carbocycles. The van der Waals surface area contributed by atoms with Gasteiger partial charge in [0.15, 0.2) is 0 Å². The Labute approximate surface area is 151 Å². The van der Waals surface area contributed by atoms with E-state index in [9.17, 15) is 9.18 Å². The first kappa shape index (κ1) is 15.9. The van der Waals surface area contributed by atoms with Crippen molar-refractivity contribution in [2.24, 2.45) is 0 Å². The van der Waals surface area contributed by atoms with Gasteiger partial charge in [-0.2, -0.15) is 0 Å². The number of hydrogen-bond donors (Lipinski definition) is 1. The molecule has 124 valence electrons. The summed E-state index contributed by atoms with van der Waals surface area (Å²) in [4.78, 5) is 17.4. The van der Waals surface area contributed by atoms with E-state index < -0.39 is 0 Å². The molecule has 0 aliphatic heterocycles. The lowest BCUT2D eigenvalue weighted by molar-refractivity contribution is 0.103. The summed E-state index contributed by atoms with van der Waals surface area (Å²) in [6.45, 7) is 1.78. The number of aromatic nitrogens is 1. The summed E-state index contributed by atoms with van der Waals surface area (Å²) in [5.41, 5.74) is 2.38. The molecule has 0 atom stereocenters. The second kappa shape index (κ2) is 6.38. The maximum Gasteiger partial charge on any atom is 0.266 e. The number of rotatable bonds is 3. The topological polar surface area (TPSA) is 42.0 Å². The highest BCUT2D eigenvalue weighted by atomic mass is 32.1. The summed E-state index contributed by atoms with van der Waals surface area (Å²) in [6.07, 6.45) is 1.76. The number of carbonyl (C=O) groups is 1. The van der Waals surface area contributed by atoms with E-state index in [1.807, 2.05) is 35.7 Å². The van der Waals surface area contributed by atoms with E-state index in [2.05, 4.69) is 10.3 Å². The number of fused-ring (bicyclic) bond motifs is 1. The van der Waals surface area contributed by atoms with Crippen LogP contribution in [0.4, 0.5) is 10.1 Å². The molecule has 0 unspecified atom stereocenters. The highest BCUT2D eigenvalue weighted by Gasteiger charge is 2.17. The smallest absolute Gasteiger partial charge is 0.266 e. The van der Waals surface area contributed by atoms with Crippen LogP contribution in [0.15, 0.2) is 54.0 Å². The monoisotopic (exact) mass is 368 g/mol. The van der Waals surface area contributed by atoms with Crippen LogP contribution in [-0.4, -0.2) is 10.9 Å². The molecule has 2 heterocycles. The lowest BCUT2D eigenvalue weighted by Crippen LogP contribution is -2.11. The summed E-state index contributed by atoms with van der Waals surface area (Å²) in [6, 6.07) is 12.4. The number of halogens is 1. The Morgan fingerprint density at radius 3 is 2.64 bits per heavy atom. The molecule has 0 bridgehead atoms. The molecule has 2 aromatic carbocycles. The van der Waals surface area contributed by atoms with Gasteiger partial charge in [-0.1, -0.05) is 6.07 Å². The van der Waals surface area contributed by atoms with Gasteiger partial charge in [0.25, 0.3) is 5.91 Å². The third-order valence-corrected chi connectivity index (χ3v) is 6.01. The maximum absolute atomic E-state index is 14.0. The van der Waals surface area contributed by atoms with E-state index in [1.165, 1.54) is 17.4 Å². The second-order valence-corrected chi connectivity index (χ2v) is 7.48. The number of aryl methyl sites for hydroxylation is 1. The molecule has 4 aromatic rings. The summed E-state index contributed by atoms with van der Waals surface area (Å²) in [7, 11) is 0. The second-order valence-electron chi connectivity index (χ2n) is 5.54. The number of anilines is 1. The SMILES string of the molecule is Cc1c(C(=O)Nc2ccc(-c3nccs3)cc2)sc2cccc(F)c12. The third kappa shape index (κ3) is 2.94. The molecular formula is C19H13FN2OS2. The van der Waals surface area contributed by atoms with Crippen LogP contribution in [0.25, 0.3) is 20.7 Å². The molecule has 0 saturated heterocycles. The van der Waals surface area contributed by atoms with E-state index in [1.54, 1.807) is 30.5 Å². The van der Waals surface area contributed by atoms with Gasteiger partial charge in [-0.05, 0) is 48.9 Å². The summed E-state index contributed by atoms with van der Waals surface area (Å²) in [5.74, 6) is -0.516. The van der Waals surface area contributed by atoms with Gasteiger partial charge in [-0.15, -0.1) is 22.7 Å². The quantitative estimate of drug-likeness (QED) is 0.502. The first-order valence-corrected chi connectivity index (χ1v) is 9.32. The zero-order valence-electron chi connectivity index (χ0n) is 13.2. The fourth-order valence-electron chi connectivity index (χ4n) is 2.72. The van der Waals surface area contributed by atoms with Crippen LogP contribution in [0.3, 0.4) is 0 Å². The van der Waals surface area contributed by atoms with Crippen molar-refractivity contribution < 1.29 is 9.18 Å². The van der Waals surface area contributed by atoms with Crippen molar-refractivity contribution >= 4 is 44.4 Å². The maximum atomic E-state index is 14.0. The lowest BCUT2D eigenvalue weighted by Gasteiger charge is -2.05. The molecule has 6 heteroatoms. The average molecular weight is 368 g/mol. The Hall–Kier alpha value is -2.57. The predicted octanol–water partition coefficient (Wildman–Crippen LogP) is 5.72. The van der Waals surface area contributed by atoms with Gasteiger partial charge >= 0.3 is 0 Å². The number of carbonyl (C=O) groups excluding carboxylic acids is 1. The number of amides is 1. The van der Waals surface area contributed by atoms with Crippen molar-refractivity contribution in [1.29, 1.82) is 0 Å². The fraction of sp³-hybridized carbons (Fsp3) is 0.0526. The van der Waals surface area contributed by atoms with Crippen molar-refractivity contribution in [2.45, 2.75) is 6.92 Å². The molecule has 0 aliphatic carbocycles. The largest absolute Gasteiger partial charge is 0.321 e. The van der Waals surface area contributed by atoms with Crippen LogP contribution >= 0.6 is 22.7 Å². The molecule has 1 amide bonds. The number of thiophene rings is 1. The summed E-state index contributed by atoms with van der Waals surface area (Å²) < 4.78 is 14.8. The van der Waals surface area contributed by atoms with Crippen molar-refractivity contribution in [3.63, 3.8) is 0 Å². The van der Waals surface area contributed by atoms with Gasteiger partial charge in [0.2, 0.25) is 0 Å². The van der Waals surface area contributed by atoms with E-state index in [0.29, 0.717) is 21.5 Å². The van der Waals surface area contributed by atoms with Crippen LogP contribution < -0.4 is 5.32 Å². The van der Waals surface area contributed by atoms with Crippen LogP contribution in [0.1, 0.15) is 15.2 Å². The molecule has 4 rings (SSSR count). The number of thiazole rings is 1. The minimum atomic E-state index is -0.293. The Morgan fingerprint density at radius 1 is 1.16 bits per heavy atom. The minimum absolute atomic E-state index is 0.222. The number of benzene rings is 2. The third-order valence-electron chi connectivity index (χ3n) is 3.93. The molecule has 0 radical (unpaired) electrons. The van der Waals surface area contributed by atoms with Gasteiger partial charge in [-0.3, -0.25) is 4.79 Å². The van der Waals surface area contributed by atoms with Crippen molar-refractivity contribution in [3.8, 4) is 10.6 Å². The highest BCUT2D eigenvalue weighted by Crippen LogP contribution is 2.33. The molecule has 0 spiro atoms. The predicted molar refractivity (Wildman–Crippen MR) is 102 cm³/mol. The van der Waals surface area contributed by atoms with Crippen molar-refractivity contribution in [3.05, 3.63) is 70.3 Å². The molecule has 1 N–H and O–H groups in total.